The van der Waals surface area contributed by atoms with Crippen molar-refractivity contribution in [1.82, 2.24) is 0 Å². The highest BCUT2D eigenvalue weighted by atomic mass is 16.3. The molecule has 4 rings (SSSR count). The molecule has 4 fully saturated rings. The van der Waals surface area contributed by atoms with Crippen LogP contribution in [0.2, 0.25) is 0 Å². The highest BCUT2D eigenvalue weighted by Crippen LogP contribution is 2.69. The van der Waals surface area contributed by atoms with Gasteiger partial charge in [-0.15, -0.1) is 0 Å². The molecular weight excluding hydrogens is 382 g/mol. The van der Waals surface area contributed by atoms with Crippen LogP contribution in [0.1, 0.15) is 105 Å². The van der Waals surface area contributed by atoms with Crippen molar-refractivity contribution in [3.05, 3.63) is 0 Å². The molecule has 10 atom stereocenters. The van der Waals surface area contributed by atoms with Crippen LogP contribution in [0.5, 0.6) is 0 Å². The number of aliphatic hydroxyl groups is 2. The first kappa shape index (κ1) is 23.6. The second-order valence-corrected chi connectivity index (χ2v) is 13.3. The van der Waals surface area contributed by atoms with Gasteiger partial charge in [0.15, 0.2) is 0 Å². The molecule has 0 aromatic heterocycles. The van der Waals surface area contributed by atoms with Gasteiger partial charge in [0.1, 0.15) is 0 Å². The predicted molar refractivity (Wildman–Crippen MR) is 125 cm³/mol. The fourth-order valence-corrected chi connectivity index (χ4v) is 9.50. The van der Waals surface area contributed by atoms with Gasteiger partial charge in [0, 0.05) is 0 Å². The van der Waals surface area contributed by atoms with E-state index in [-0.39, 0.29) is 17.4 Å². The number of nitrogens with zero attached hydrogens (tertiary/aromatic N) is 1. The molecule has 31 heavy (non-hydrogen) atoms. The molecule has 0 aliphatic heterocycles. The quantitative estimate of drug-likeness (QED) is 0.536. The molecule has 4 saturated carbocycles. The lowest BCUT2D eigenvalue weighted by Gasteiger charge is -2.62. The summed E-state index contributed by atoms with van der Waals surface area (Å²) in [6.07, 6.45) is 12.4. The number of fused-ring (bicyclic) bond motifs is 5. The Hall–Kier alpha value is -0.590. The van der Waals surface area contributed by atoms with Gasteiger partial charge in [0.25, 0.3) is 0 Å². The highest BCUT2D eigenvalue weighted by molar-refractivity contribution is 5.13. The SMILES string of the molecule is C[C@H](CCCC(C)(C)O)[C@H]1CC[C@H]2[C@@H]3CC(C#N)[C@H]4C[C@@H](O)CC[C@]4(C)[C@H]3CC[C@]12C. The molecule has 0 radical (unpaired) electrons. The lowest BCUT2D eigenvalue weighted by atomic mass is 9.42. The van der Waals surface area contributed by atoms with Crippen molar-refractivity contribution < 1.29 is 10.2 Å². The number of rotatable bonds is 5. The summed E-state index contributed by atoms with van der Waals surface area (Å²) in [6, 6.07) is 2.72. The molecule has 3 nitrogen and oxygen atoms in total. The molecule has 2 N–H and O–H groups in total. The molecule has 0 aromatic rings. The van der Waals surface area contributed by atoms with Crippen LogP contribution in [0.3, 0.4) is 0 Å². The third-order valence-corrected chi connectivity index (χ3v) is 11.1. The van der Waals surface area contributed by atoms with Crippen LogP contribution >= 0.6 is 0 Å². The number of hydrogen-bond donors (Lipinski definition) is 2. The zero-order chi connectivity index (χ0) is 22.6. The van der Waals surface area contributed by atoms with Crippen LogP contribution in [0, 0.1) is 63.6 Å². The molecule has 0 aromatic carbocycles. The van der Waals surface area contributed by atoms with Gasteiger partial charge in [0.05, 0.1) is 23.7 Å². The average molecular weight is 430 g/mol. The first-order valence-electron chi connectivity index (χ1n) is 13.3. The molecule has 0 bridgehead atoms. The summed E-state index contributed by atoms with van der Waals surface area (Å²) in [7, 11) is 0. The molecule has 4 aliphatic rings. The van der Waals surface area contributed by atoms with Crippen LogP contribution in [-0.4, -0.2) is 21.9 Å². The van der Waals surface area contributed by atoms with Crippen molar-refractivity contribution in [2.45, 2.75) is 117 Å². The first-order chi connectivity index (χ1) is 14.5. The lowest BCUT2D eigenvalue weighted by molar-refractivity contribution is -0.142. The van der Waals surface area contributed by atoms with Gasteiger partial charge in [-0.05, 0) is 118 Å². The van der Waals surface area contributed by atoms with E-state index in [4.69, 9.17) is 0 Å². The second kappa shape index (κ2) is 8.32. The minimum absolute atomic E-state index is 0.131. The van der Waals surface area contributed by atoms with Gasteiger partial charge < -0.3 is 10.2 Å². The Bertz CT molecular complexity index is 692. The summed E-state index contributed by atoms with van der Waals surface area (Å²) >= 11 is 0. The summed E-state index contributed by atoms with van der Waals surface area (Å²) in [4.78, 5) is 0. The smallest absolute Gasteiger partial charge is 0.0659 e. The van der Waals surface area contributed by atoms with E-state index in [1.165, 1.54) is 32.1 Å². The fraction of sp³-hybridized carbons (Fsp3) is 0.964. The molecule has 0 saturated heterocycles. The van der Waals surface area contributed by atoms with Crippen molar-refractivity contribution in [2.24, 2.45) is 52.3 Å². The maximum atomic E-state index is 10.4. The monoisotopic (exact) mass is 429 g/mol. The zero-order valence-electron chi connectivity index (χ0n) is 20.7. The van der Waals surface area contributed by atoms with Gasteiger partial charge in [-0.25, -0.2) is 0 Å². The van der Waals surface area contributed by atoms with Crippen molar-refractivity contribution in [2.75, 3.05) is 0 Å². The second-order valence-electron chi connectivity index (χ2n) is 13.3. The summed E-state index contributed by atoms with van der Waals surface area (Å²) in [5.41, 5.74) is 0.126. The van der Waals surface area contributed by atoms with E-state index in [2.05, 4.69) is 26.8 Å². The van der Waals surface area contributed by atoms with Gasteiger partial charge >= 0.3 is 0 Å². The molecule has 4 aliphatic carbocycles. The fourth-order valence-electron chi connectivity index (χ4n) is 9.50. The van der Waals surface area contributed by atoms with Crippen molar-refractivity contribution >= 4 is 0 Å². The van der Waals surface area contributed by atoms with Gasteiger partial charge in [-0.3, -0.25) is 0 Å². The zero-order valence-corrected chi connectivity index (χ0v) is 20.7. The van der Waals surface area contributed by atoms with Crippen LogP contribution in [0.25, 0.3) is 0 Å². The Morgan fingerprint density at radius 1 is 1.00 bits per heavy atom. The maximum Gasteiger partial charge on any atom is 0.0659 e. The Labute approximate surface area is 191 Å². The van der Waals surface area contributed by atoms with Crippen LogP contribution in [0.4, 0.5) is 0 Å². The van der Waals surface area contributed by atoms with Crippen LogP contribution < -0.4 is 0 Å². The van der Waals surface area contributed by atoms with Crippen molar-refractivity contribution in [3.63, 3.8) is 0 Å². The summed E-state index contributed by atoms with van der Waals surface area (Å²) in [5, 5.41) is 30.5. The third-order valence-electron chi connectivity index (χ3n) is 11.1. The highest BCUT2D eigenvalue weighted by Gasteiger charge is 2.62. The largest absolute Gasteiger partial charge is 0.393 e. The number of nitriles is 1. The summed E-state index contributed by atoms with van der Waals surface area (Å²) < 4.78 is 0. The molecule has 0 heterocycles. The number of aliphatic hydroxyl groups excluding tert-OH is 1. The summed E-state index contributed by atoms with van der Waals surface area (Å²) in [6.45, 7) is 11.4. The van der Waals surface area contributed by atoms with E-state index < -0.39 is 5.60 Å². The predicted octanol–water partition coefficient (Wildman–Crippen LogP) is 6.33. The molecule has 0 amide bonds. The van der Waals surface area contributed by atoms with Crippen LogP contribution in [-0.2, 0) is 0 Å². The minimum atomic E-state index is -0.548. The van der Waals surface area contributed by atoms with Crippen molar-refractivity contribution in [3.8, 4) is 6.07 Å². The molecule has 3 heteroatoms. The lowest BCUT2D eigenvalue weighted by Crippen LogP contribution is -2.56. The Balaban J connectivity index is 1.51. The van der Waals surface area contributed by atoms with Gasteiger partial charge in [0.2, 0.25) is 0 Å². The average Bonchev–Trinajstić information content (AvgIpc) is 3.04. The Kier molecular flexibility index (Phi) is 6.33. The van der Waals surface area contributed by atoms with E-state index in [9.17, 15) is 15.5 Å². The van der Waals surface area contributed by atoms with E-state index >= 15 is 0 Å². The Morgan fingerprint density at radius 2 is 1.68 bits per heavy atom. The van der Waals surface area contributed by atoms with Crippen LogP contribution in [0.15, 0.2) is 0 Å². The Morgan fingerprint density at radius 3 is 2.35 bits per heavy atom. The minimum Gasteiger partial charge on any atom is -0.393 e. The topological polar surface area (TPSA) is 64.2 Å². The summed E-state index contributed by atoms with van der Waals surface area (Å²) in [5.74, 6) is 4.26. The van der Waals surface area contributed by atoms with Gasteiger partial charge in [-0.2, -0.15) is 5.26 Å². The normalized spacial score (nSPS) is 48.3. The molecule has 1 unspecified atom stereocenters. The molecule has 0 spiro atoms. The first-order valence-corrected chi connectivity index (χ1v) is 13.3. The van der Waals surface area contributed by atoms with E-state index in [1.807, 2.05) is 13.8 Å². The van der Waals surface area contributed by atoms with Crippen molar-refractivity contribution in [1.29, 1.82) is 5.26 Å². The van der Waals surface area contributed by atoms with E-state index in [1.54, 1.807) is 0 Å². The van der Waals surface area contributed by atoms with E-state index in [0.717, 1.165) is 62.2 Å². The third kappa shape index (κ3) is 4.10. The number of hydrogen-bond acceptors (Lipinski definition) is 3. The van der Waals surface area contributed by atoms with E-state index in [0.29, 0.717) is 17.3 Å². The molecule has 176 valence electrons. The maximum absolute atomic E-state index is 10.4. The standard InChI is InChI=1S/C28H47NO2/c1-18(7-6-12-26(2,3)31)22-8-9-23-21-15-19(17-29)25-16-20(30)10-13-28(25,5)24(21)11-14-27(22,23)4/h18-25,30-31H,6-16H2,1-5H3/t18-,19?,20+,21+,22-,23+,24+,25-,27-,28-/m1/s1. The van der Waals surface area contributed by atoms with Gasteiger partial charge in [-0.1, -0.05) is 33.6 Å². The molecular formula is C28H47NO2.